The quantitative estimate of drug-likeness (QED) is 0.586. The van der Waals surface area contributed by atoms with E-state index in [9.17, 15) is 0 Å². The molecule has 162 valence electrons. The first-order valence-corrected chi connectivity index (χ1v) is 10.8. The lowest BCUT2D eigenvalue weighted by Gasteiger charge is -2.34. The number of para-hydroxylation sites is 1. The van der Waals surface area contributed by atoms with Crippen molar-refractivity contribution in [3.8, 4) is 28.4 Å². The van der Waals surface area contributed by atoms with Crippen molar-refractivity contribution in [2.24, 2.45) is 0 Å². The summed E-state index contributed by atoms with van der Waals surface area (Å²) in [7, 11) is 1.76. The van der Waals surface area contributed by atoms with Crippen molar-refractivity contribution in [3.05, 3.63) is 60.3 Å². The molecule has 1 saturated heterocycles. The van der Waals surface area contributed by atoms with Gasteiger partial charge in [0, 0.05) is 63.7 Å². The fraction of sp³-hybridized carbons (Fsp3) is 0.375. The molecule has 5 rings (SSSR count). The molecule has 3 heterocycles. The van der Waals surface area contributed by atoms with Crippen molar-refractivity contribution in [3.63, 3.8) is 0 Å². The number of methoxy groups -OCH3 is 1. The van der Waals surface area contributed by atoms with Gasteiger partial charge in [0.15, 0.2) is 11.5 Å². The summed E-state index contributed by atoms with van der Waals surface area (Å²) in [6.07, 6.45) is 2.16. The first kappa shape index (κ1) is 20.1. The summed E-state index contributed by atoms with van der Waals surface area (Å²) in [4.78, 5) is 4.97. The predicted molar refractivity (Wildman–Crippen MR) is 119 cm³/mol. The molecule has 7 heteroatoms. The summed E-state index contributed by atoms with van der Waals surface area (Å²) in [6, 6.07) is 16.3. The normalized spacial score (nSPS) is 16.7. The molecule has 3 aromatic rings. The van der Waals surface area contributed by atoms with E-state index in [1.807, 2.05) is 35.0 Å². The second-order valence-electron chi connectivity index (χ2n) is 7.96. The number of rotatable bonds is 7. The van der Waals surface area contributed by atoms with Gasteiger partial charge < -0.3 is 14.2 Å². The summed E-state index contributed by atoms with van der Waals surface area (Å²) in [5, 5.41) is 4.96. The van der Waals surface area contributed by atoms with E-state index < -0.39 is 0 Å². The molecule has 0 radical (unpaired) electrons. The minimum absolute atomic E-state index is 0.275. The minimum atomic E-state index is 0.275. The lowest BCUT2D eigenvalue weighted by Crippen LogP contribution is -2.46. The van der Waals surface area contributed by atoms with Gasteiger partial charge in [-0.05, 0) is 30.3 Å². The molecule has 0 aliphatic carbocycles. The van der Waals surface area contributed by atoms with Gasteiger partial charge in [-0.3, -0.25) is 9.80 Å². The van der Waals surface area contributed by atoms with Crippen LogP contribution in [0.1, 0.15) is 5.56 Å². The Labute approximate surface area is 182 Å². The number of hydrogen-bond acceptors (Lipinski definition) is 6. The summed E-state index contributed by atoms with van der Waals surface area (Å²) in [5.74, 6) is 1.57. The number of piperazine rings is 1. The van der Waals surface area contributed by atoms with Crippen LogP contribution in [0.4, 0.5) is 0 Å². The zero-order valence-corrected chi connectivity index (χ0v) is 17.9. The summed E-state index contributed by atoms with van der Waals surface area (Å²) < 4.78 is 18.3. The third-order valence-corrected chi connectivity index (χ3v) is 5.93. The van der Waals surface area contributed by atoms with E-state index in [4.69, 9.17) is 19.3 Å². The molecule has 0 unspecified atom stereocenters. The van der Waals surface area contributed by atoms with Crippen LogP contribution in [0.5, 0.6) is 11.5 Å². The highest BCUT2D eigenvalue weighted by molar-refractivity contribution is 5.67. The Hall–Kier alpha value is -2.87. The van der Waals surface area contributed by atoms with Crippen molar-refractivity contribution in [2.45, 2.75) is 6.54 Å². The fourth-order valence-electron chi connectivity index (χ4n) is 4.16. The molecular weight excluding hydrogens is 392 g/mol. The zero-order valence-electron chi connectivity index (χ0n) is 17.9. The summed E-state index contributed by atoms with van der Waals surface area (Å²) in [6.45, 7) is 7.15. The summed E-state index contributed by atoms with van der Waals surface area (Å²) >= 11 is 0. The van der Waals surface area contributed by atoms with E-state index in [0.717, 1.165) is 74.3 Å². The van der Waals surface area contributed by atoms with Crippen LogP contribution < -0.4 is 9.47 Å². The Balaban J connectivity index is 1.40. The van der Waals surface area contributed by atoms with Gasteiger partial charge >= 0.3 is 0 Å². The average molecular weight is 421 g/mol. The highest BCUT2D eigenvalue weighted by Gasteiger charge is 2.22. The number of nitrogens with zero attached hydrogens (tertiary/aromatic N) is 4. The molecule has 1 aromatic heterocycles. The number of benzene rings is 2. The van der Waals surface area contributed by atoms with E-state index in [2.05, 4.69) is 34.2 Å². The van der Waals surface area contributed by atoms with E-state index in [1.54, 1.807) is 7.11 Å². The standard InChI is InChI=1S/C24H28N4O3/c1-29-14-13-26-9-11-27(12-10-26)16-20-17-28(21-5-3-2-4-6-21)25-24(20)19-7-8-22-23(15-19)31-18-30-22/h2-8,15,17H,9-14,16,18H2,1H3. The molecule has 0 amide bonds. The molecule has 2 aliphatic heterocycles. The maximum Gasteiger partial charge on any atom is 0.231 e. The SMILES string of the molecule is COCCN1CCN(Cc2cn(-c3ccccc3)nc2-c2ccc3c(c2)OCO3)CC1. The second kappa shape index (κ2) is 9.09. The van der Waals surface area contributed by atoms with Crippen LogP contribution in [0.3, 0.4) is 0 Å². The Morgan fingerprint density at radius 1 is 0.935 bits per heavy atom. The maximum atomic E-state index is 5.60. The molecule has 2 aliphatic rings. The lowest BCUT2D eigenvalue weighted by atomic mass is 10.1. The zero-order chi connectivity index (χ0) is 21.0. The largest absolute Gasteiger partial charge is 0.454 e. The molecule has 0 spiro atoms. The van der Waals surface area contributed by atoms with Crippen LogP contribution in [0.15, 0.2) is 54.7 Å². The van der Waals surface area contributed by atoms with Crippen LogP contribution in [-0.4, -0.2) is 72.8 Å². The predicted octanol–water partition coefficient (Wildman–Crippen LogP) is 3.03. The van der Waals surface area contributed by atoms with Crippen LogP contribution in [-0.2, 0) is 11.3 Å². The first-order valence-electron chi connectivity index (χ1n) is 10.8. The van der Waals surface area contributed by atoms with Gasteiger partial charge in [0.2, 0.25) is 6.79 Å². The Kier molecular flexibility index (Phi) is 5.88. The number of aromatic nitrogens is 2. The molecule has 0 saturated carbocycles. The maximum absolute atomic E-state index is 5.60. The van der Waals surface area contributed by atoms with Crippen molar-refractivity contribution in [2.75, 3.05) is 53.2 Å². The van der Waals surface area contributed by atoms with Gasteiger partial charge in [0.25, 0.3) is 0 Å². The van der Waals surface area contributed by atoms with E-state index >= 15 is 0 Å². The highest BCUT2D eigenvalue weighted by atomic mass is 16.7. The van der Waals surface area contributed by atoms with Crippen molar-refractivity contribution < 1.29 is 14.2 Å². The fourth-order valence-corrected chi connectivity index (χ4v) is 4.16. The number of hydrogen-bond donors (Lipinski definition) is 0. The monoisotopic (exact) mass is 420 g/mol. The minimum Gasteiger partial charge on any atom is -0.454 e. The third-order valence-electron chi connectivity index (χ3n) is 5.93. The van der Waals surface area contributed by atoms with Gasteiger partial charge in [0.1, 0.15) is 0 Å². The lowest BCUT2D eigenvalue weighted by molar-refractivity contribution is 0.0939. The van der Waals surface area contributed by atoms with Gasteiger partial charge in [-0.15, -0.1) is 0 Å². The highest BCUT2D eigenvalue weighted by Crippen LogP contribution is 2.36. The summed E-state index contributed by atoms with van der Waals surface area (Å²) in [5.41, 5.74) is 4.31. The van der Waals surface area contributed by atoms with Gasteiger partial charge in [0.05, 0.1) is 18.0 Å². The van der Waals surface area contributed by atoms with Crippen LogP contribution in [0.2, 0.25) is 0 Å². The topological polar surface area (TPSA) is 52.0 Å². The average Bonchev–Trinajstić information content (AvgIpc) is 3.46. The molecule has 0 atom stereocenters. The molecule has 0 N–H and O–H groups in total. The first-order chi connectivity index (χ1) is 15.3. The van der Waals surface area contributed by atoms with Crippen LogP contribution in [0.25, 0.3) is 16.9 Å². The molecule has 2 aromatic carbocycles. The molecule has 7 nitrogen and oxygen atoms in total. The molecule has 31 heavy (non-hydrogen) atoms. The van der Waals surface area contributed by atoms with E-state index in [1.165, 1.54) is 5.56 Å². The van der Waals surface area contributed by atoms with Crippen molar-refractivity contribution in [1.29, 1.82) is 0 Å². The van der Waals surface area contributed by atoms with E-state index in [-0.39, 0.29) is 6.79 Å². The van der Waals surface area contributed by atoms with Gasteiger partial charge in [-0.25, -0.2) is 4.68 Å². The second-order valence-corrected chi connectivity index (χ2v) is 7.96. The van der Waals surface area contributed by atoms with Gasteiger partial charge in [-0.1, -0.05) is 18.2 Å². The van der Waals surface area contributed by atoms with E-state index in [0.29, 0.717) is 0 Å². The van der Waals surface area contributed by atoms with Crippen LogP contribution in [0, 0.1) is 0 Å². The number of ether oxygens (including phenoxy) is 3. The van der Waals surface area contributed by atoms with Crippen molar-refractivity contribution >= 4 is 0 Å². The Bertz CT molecular complexity index is 1010. The number of fused-ring (bicyclic) bond motifs is 1. The van der Waals surface area contributed by atoms with Gasteiger partial charge in [-0.2, -0.15) is 5.10 Å². The smallest absolute Gasteiger partial charge is 0.231 e. The van der Waals surface area contributed by atoms with Crippen molar-refractivity contribution in [1.82, 2.24) is 19.6 Å². The molecular formula is C24H28N4O3. The Morgan fingerprint density at radius 3 is 2.52 bits per heavy atom. The third kappa shape index (κ3) is 4.44. The Morgan fingerprint density at radius 2 is 1.71 bits per heavy atom. The molecule has 0 bridgehead atoms. The van der Waals surface area contributed by atoms with Crippen LogP contribution >= 0.6 is 0 Å². The molecule has 1 fully saturated rings.